The van der Waals surface area contributed by atoms with Crippen LogP contribution in [0.4, 0.5) is 0 Å². The molecular formula is C30H26Br2N4S4. The minimum Gasteiger partial charge on any atom is -0.262 e. The van der Waals surface area contributed by atoms with Crippen molar-refractivity contribution in [3.63, 3.8) is 0 Å². The maximum atomic E-state index is 5.23. The SMILES string of the molecule is S=C(N/N=C/c1ccccc1Br)SCc1ccccc1.S=C(N/N=C/c1ccccc1Br)SCc1ccccc1. The van der Waals surface area contributed by atoms with Crippen LogP contribution >= 0.6 is 79.8 Å². The highest BCUT2D eigenvalue weighted by Crippen LogP contribution is 2.16. The molecule has 0 unspecified atom stereocenters. The number of benzene rings is 4. The van der Waals surface area contributed by atoms with E-state index >= 15 is 0 Å². The van der Waals surface area contributed by atoms with Crippen molar-refractivity contribution in [2.75, 3.05) is 0 Å². The van der Waals surface area contributed by atoms with Gasteiger partial charge in [-0.1, -0.05) is 177 Å². The lowest BCUT2D eigenvalue weighted by Crippen LogP contribution is -2.11. The van der Waals surface area contributed by atoms with Crippen molar-refractivity contribution in [2.45, 2.75) is 11.5 Å². The van der Waals surface area contributed by atoms with E-state index in [1.54, 1.807) is 36.0 Å². The summed E-state index contributed by atoms with van der Waals surface area (Å²) in [6.07, 6.45) is 3.50. The Balaban J connectivity index is 0.000000220. The Morgan fingerprint density at radius 3 is 1.30 bits per heavy atom. The van der Waals surface area contributed by atoms with E-state index in [4.69, 9.17) is 24.4 Å². The molecule has 0 aliphatic heterocycles. The molecule has 0 amide bonds. The molecule has 0 saturated carbocycles. The van der Waals surface area contributed by atoms with Gasteiger partial charge in [0.05, 0.1) is 12.4 Å². The zero-order chi connectivity index (χ0) is 28.4. The van der Waals surface area contributed by atoms with Crippen molar-refractivity contribution >= 4 is 101 Å². The Kier molecular flexibility index (Phi) is 15.2. The highest BCUT2D eigenvalue weighted by molar-refractivity contribution is 9.10. The molecule has 0 saturated heterocycles. The predicted octanol–water partition coefficient (Wildman–Crippen LogP) is 9.18. The van der Waals surface area contributed by atoms with E-state index in [1.807, 2.05) is 84.9 Å². The summed E-state index contributed by atoms with van der Waals surface area (Å²) in [6, 6.07) is 36.2. The lowest BCUT2D eigenvalue weighted by Gasteiger charge is -2.03. The van der Waals surface area contributed by atoms with Gasteiger partial charge in [0.2, 0.25) is 0 Å². The summed E-state index contributed by atoms with van der Waals surface area (Å²) in [4.78, 5) is 0. The fourth-order valence-electron chi connectivity index (χ4n) is 2.98. The Morgan fingerprint density at radius 1 is 0.575 bits per heavy atom. The third-order valence-corrected chi connectivity index (χ3v) is 8.95. The summed E-state index contributed by atoms with van der Waals surface area (Å²) in [5.41, 5.74) is 10.3. The molecule has 4 rings (SSSR count). The number of nitrogens with one attached hydrogen (secondary N) is 2. The number of rotatable bonds is 8. The second-order valence-electron chi connectivity index (χ2n) is 7.91. The first kappa shape index (κ1) is 32.2. The van der Waals surface area contributed by atoms with E-state index in [1.165, 1.54) is 11.1 Å². The second-order valence-corrected chi connectivity index (χ2v) is 12.9. The number of halogens is 2. The molecule has 4 aromatic rings. The number of hydrogen-bond acceptors (Lipinski definition) is 6. The molecule has 0 radical (unpaired) electrons. The second kappa shape index (κ2) is 18.9. The van der Waals surface area contributed by atoms with Crippen LogP contribution in [0.2, 0.25) is 0 Å². The maximum Gasteiger partial charge on any atom is 0.154 e. The highest BCUT2D eigenvalue weighted by atomic mass is 79.9. The molecule has 204 valence electrons. The Labute approximate surface area is 271 Å². The van der Waals surface area contributed by atoms with Crippen LogP contribution in [0.3, 0.4) is 0 Å². The van der Waals surface area contributed by atoms with Crippen LogP contribution in [0.5, 0.6) is 0 Å². The Hall–Kier alpha value is -2.34. The minimum absolute atomic E-state index is 0.664. The molecule has 0 atom stereocenters. The van der Waals surface area contributed by atoms with E-state index in [9.17, 15) is 0 Å². The standard InChI is InChI=1S/2C15H13BrN2S2/c2*16-14-9-5-4-8-13(14)10-17-18-15(19)20-11-12-6-2-1-3-7-12/h2*1-10H,11H2,(H,18,19)/b2*17-10+. The molecule has 0 aliphatic rings. The van der Waals surface area contributed by atoms with Gasteiger partial charge in [-0.05, 0) is 23.3 Å². The van der Waals surface area contributed by atoms with Gasteiger partial charge in [-0.15, -0.1) is 0 Å². The van der Waals surface area contributed by atoms with Crippen molar-refractivity contribution < 1.29 is 0 Å². The largest absolute Gasteiger partial charge is 0.262 e. The van der Waals surface area contributed by atoms with Gasteiger partial charge in [0, 0.05) is 31.6 Å². The van der Waals surface area contributed by atoms with Crippen molar-refractivity contribution in [1.29, 1.82) is 0 Å². The van der Waals surface area contributed by atoms with Gasteiger partial charge in [-0.25, -0.2) is 0 Å². The van der Waals surface area contributed by atoms with Gasteiger partial charge >= 0.3 is 0 Å². The van der Waals surface area contributed by atoms with Gasteiger partial charge in [-0.3, -0.25) is 10.9 Å². The number of nitrogens with zero attached hydrogens (tertiary/aromatic N) is 2. The van der Waals surface area contributed by atoms with Gasteiger partial charge < -0.3 is 0 Å². The number of thioether (sulfide) groups is 2. The molecular weight excluding hydrogens is 704 g/mol. The normalized spacial score (nSPS) is 10.7. The van der Waals surface area contributed by atoms with Crippen LogP contribution in [0, 0.1) is 0 Å². The quantitative estimate of drug-likeness (QED) is 0.107. The first-order chi connectivity index (χ1) is 19.5. The summed E-state index contributed by atoms with van der Waals surface area (Å²) in [5.74, 6) is 1.69. The third kappa shape index (κ3) is 12.9. The third-order valence-electron chi connectivity index (χ3n) is 4.95. The summed E-state index contributed by atoms with van der Waals surface area (Å²) in [5, 5.41) is 8.30. The van der Waals surface area contributed by atoms with Crippen LogP contribution in [0.25, 0.3) is 0 Å². The summed E-state index contributed by atoms with van der Waals surface area (Å²) in [7, 11) is 0. The van der Waals surface area contributed by atoms with Crippen LogP contribution in [0.1, 0.15) is 22.3 Å². The van der Waals surface area contributed by atoms with E-state index in [0.29, 0.717) is 8.64 Å². The molecule has 2 N–H and O–H groups in total. The van der Waals surface area contributed by atoms with E-state index in [2.05, 4.69) is 77.2 Å². The topological polar surface area (TPSA) is 48.8 Å². The van der Waals surface area contributed by atoms with E-state index in [-0.39, 0.29) is 0 Å². The summed E-state index contributed by atoms with van der Waals surface area (Å²) >= 11 is 20.5. The predicted molar refractivity (Wildman–Crippen MR) is 190 cm³/mol. The van der Waals surface area contributed by atoms with Crippen molar-refractivity contribution in [3.05, 3.63) is 140 Å². The Morgan fingerprint density at radius 2 is 0.925 bits per heavy atom. The fourth-order valence-corrected chi connectivity index (χ4v) is 5.43. The summed E-state index contributed by atoms with van der Waals surface area (Å²) < 4.78 is 3.34. The lowest BCUT2D eigenvalue weighted by atomic mass is 10.2. The van der Waals surface area contributed by atoms with E-state index in [0.717, 1.165) is 31.6 Å². The average Bonchev–Trinajstić information content (AvgIpc) is 2.98. The van der Waals surface area contributed by atoms with Crippen LogP contribution in [-0.2, 0) is 11.5 Å². The fraction of sp³-hybridized carbons (Fsp3) is 0.0667. The average molecular weight is 731 g/mol. The number of hydrogen-bond donors (Lipinski definition) is 2. The van der Waals surface area contributed by atoms with Crippen molar-refractivity contribution in [3.8, 4) is 0 Å². The van der Waals surface area contributed by atoms with E-state index < -0.39 is 0 Å². The van der Waals surface area contributed by atoms with Gasteiger partial charge in [0.25, 0.3) is 0 Å². The molecule has 0 heterocycles. The summed E-state index contributed by atoms with van der Waals surface area (Å²) in [6.45, 7) is 0. The van der Waals surface area contributed by atoms with Crippen LogP contribution in [0.15, 0.2) is 128 Å². The smallest absolute Gasteiger partial charge is 0.154 e. The molecule has 0 aliphatic carbocycles. The number of hydrazone groups is 2. The highest BCUT2D eigenvalue weighted by Gasteiger charge is 1.99. The zero-order valence-corrected chi connectivity index (χ0v) is 27.7. The zero-order valence-electron chi connectivity index (χ0n) is 21.2. The van der Waals surface area contributed by atoms with Gasteiger partial charge in [0.15, 0.2) is 8.64 Å². The lowest BCUT2D eigenvalue weighted by molar-refractivity contribution is 1.07. The van der Waals surface area contributed by atoms with Gasteiger partial charge in [0.1, 0.15) is 0 Å². The monoisotopic (exact) mass is 728 g/mol. The minimum atomic E-state index is 0.664. The first-order valence-corrected chi connectivity index (χ1v) is 16.4. The molecule has 0 spiro atoms. The van der Waals surface area contributed by atoms with Gasteiger partial charge in [-0.2, -0.15) is 10.2 Å². The molecule has 0 aromatic heterocycles. The Bertz CT molecular complexity index is 1310. The molecule has 40 heavy (non-hydrogen) atoms. The van der Waals surface area contributed by atoms with Crippen molar-refractivity contribution in [1.82, 2.24) is 10.9 Å². The molecule has 4 nitrogen and oxygen atoms in total. The van der Waals surface area contributed by atoms with Crippen LogP contribution in [-0.4, -0.2) is 21.1 Å². The first-order valence-electron chi connectivity index (χ1n) is 12.0. The number of thiocarbonyl (C=S) groups is 2. The van der Waals surface area contributed by atoms with Crippen molar-refractivity contribution in [2.24, 2.45) is 10.2 Å². The maximum absolute atomic E-state index is 5.23. The molecule has 0 fully saturated rings. The molecule has 4 aromatic carbocycles. The molecule has 10 heteroatoms. The van der Waals surface area contributed by atoms with Crippen LogP contribution < -0.4 is 10.9 Å². The molecule has 0 bridgehead atoms.